The predicted octanol–water partition coefficient (Wildman–Crippen LogP) is 6.44. The summed E-state index contributed by atoms with van der Waals surface area (Å²) in [5, 5.41) is 14.1. The Morgan fingerprint density at radius 2 is 1.72 bits per heavy atom. The van der Waals surface area contributed by atoms with Crippen LogP contribution >= 0.6 is 23.4 Å². The Hall–Kier alpha value is -3.42. The fourth-order valence-electron chi connectivity index (χ4n) is 3.51. The number of hydrazone groups is 1. The Morgan fingerprint density at radius 1 is 1.03 bits per heavy atom. The van der Waals surface area contributed by atoms with Crippen LogP contribution in [0.3, 0.4) is 0 Å². The summed E-state index contributed by atoms with van der Waals surface area (Å²) in [7, 11) is 0. The molecule has 0 radical (unpaired) electrons. The molecule has 3 aromatic carbocycles. The molecule has 4 rings (SSSR count). The summed E-state index contributed by atoms with van der Waals surface area (Å²) in [6, 6.07) is 23.8. The average molecular weight is 518 g/mol. The fraction of sp³-hybridized carbons (Fsp3) is 0.214. The van der Waals surface area contributed by atoms with Gasteiger partial charge in [0, 0.05) is 21.8 Å². The molecule has 1 amide bonds. The predicted molar refractivity (Wildman–Crippen MR) is 148 cm³/mol. The number of nitrogens with one attached hydrogen (secondary N) is 1. The number of aryl methyl sites for hydroxylation is 1. The fourth-order valence-corrected chi connectivity index (χ4v) is 4.44. The zero-order valence-electron chi connectivity index (χ0n) is 20.7. The molecular weight excluding hydrogens is 490 g/mol. The SMILES string of the molecule is Cc1ccc(-n2c(SCC(=O)NN=Cc3ccccc3Cl)nnc2-c2ccc(C(C)(C)C)cc2)cc1. The van der Waals surface area contributed by atoms with Gasteiger partial charge in [0.1, 0.15) is 0 Å². The maximum absolute atomic E-state index is 12.5. The maximum Gasteiger partial charge on any atom is 0.250 e. The van der Waals surface area contributed by atoms with E-state index < -0.39 is 0 Å². The smallest absolute Gasteiger partial charge is 0.250 e. The van der Waals surface area contributed by atoms with Gasteiger partial charge in [0.25, 0.3) is 5.91 Å². The number of amides is 1. The zero-order valence-corrected chi connectivity index (χ0v) is 22.3. The second-order valence-electron chi connectivity index (χ2n) is 9.41. The largest absolute Gasteiger partial charge is 0.272 e. The molecule has 36 heavy (non-hydrogen) atoms. The molecule has 1 N–H and O–H groups in total. The zero-order chi connectivity index (χ0) is 25.7. The van der Waals surface area contributed by atoms with Crippen molar-refractivity contribution in [2.45, 2.75) is 38.3 Å². The van der Waals surface area contributed by atoms with Gasteiger partial charge in [0.15, 0.2) is 11.0 Å². The third-order valence-electron chi connectivity index (χ3n) is 5.57. The van der Waals surface area contributed by atoms with Crippen LogP contribution in [0.4, 0.5) is 0 Å². The van der Waals surface area contributed by atoms with Gasteiger partial charge in [-0.25, -0.2) is 5.43 Å². The van der Waals surface area contributed by atoms with E-state index in [4.69, 9.17) is 11.6 Å². The van der Waals surface area contributed by atoms with E-state index in [9.17, 15) is 4.79 Å². The van der Waals surface area contributed by atoms with Crippen molar-refractivity contribution in [3.05, 3.63) is 94.5 Å². The molecule has 0 atom stereocenters. The molecule has 1 heterocycles. The summed E-state index contributed by atoms with van der Waals surface area (Å²) in [5.74, 6) is 0.601. The number of hydrogen-bond donors (Lipinski definition) is 1. The van der Waals surface area contributed by atoms with Gasteiger partial charge in [-0.1, -0.05) is 104 Å². The third-order valence-corrected chi connectivity index (χ3v) is 6.84. The number of halogens is 1. The second kappa shape index (κ2) is 11.1. The van der Waals surface area contributed by atoms with Crippen LogP contribution in [-0.2, 0) is 10.2 Å². The molecule has 184 valence electrons. The van der Waals surface area contributed by atoms with Crippen LogP contribution in [0.1, 0.15) is 37.5 Å². The van der Waals surface area contributed by atoms with Gasteiger partial charge in [0.05, 0.1) is 12.0 Å². The highest BCUT2D eigenvalue weighted by Gasteiger charge is 2.19. The van der Waals surface area contributed by atoms with Crippen molar-refractivity contribution >= 4 is 35.5 Å². The minimum atomic E-state index is -0.252. The van der Waals surface area contributed by atoms with Crippen molar-refractivity contribution in [3.8, 4) is 17.1 Å². The van der Waals surface area contributed by atoms with E-state index in [0.717, 1.165) is 28.2 Å². The minimum absolute atomic E-state index is 0.0614. The van der Waals surface area contributed by atoms with Gasteiger partial charge in [-0.15, -0.1) is 10.2 Å². The van der Waals surface area contributed by atoms with Crippen molar-refractivity contribution in [2.75, 3.05) is 5.75 Å². The average Bonchev–Trinajstić information content (AvgIpc) is 3.28. The molecule has 0 aliphatic rings. The number of hydrogen-bond acceptors (Lipinski definition) is 5. The van der Waals surface area contributed by atoms with Crippen molar-refractivity contribution in [2.24, 2.45) is 5.10 Å². The number of aromatic nitrogens is 3. The van der Waals surface area contributed by atoms with Crippen LogP contribution in [0.5, 0.6) is 0 Å². The highest BCUT2D eigenvalue weighted by Crippen LogP contribution is 2.30. The molecule has 0 unspecified atom stereocenters. The lowest BCUT2D eigenvalue weighted by Crippen LogP contribution is -2.20. The van der Waals surface area contributed by atoms with E-state index in [1.54, 1.807) is 6.07 Å². The van der Waals surface area contributed by atoms with E-state index in [-0.39, 0.29) is 17.1 Å². The number of nitrogens with zero attached hydrogens (tertiary/aromatic N) is 4. The van der Waals surface area contributed by atoms with Crippen molar-refractivity contribution < 1.29 is 4.79 Å². The van der Waals surface area contributed by atoms with E-state index in [1.165, 1.54) is 23.5 Å². The quantitative estimate of drug-likeness (QED) is 0.174. The molecule has 4 aromatic rings. The molecule has 0 saturated carbocycles. The Labute approximate surface area is 220 Å². The number of rotatable bonds is 7. The maximum atomic E-state index is 12.5. The first kappa shape index (κ1) is 25.7. The molecule has 8 heteroatoms. The first-order valence-corrected chi connectivity index (χ1v) is 12.9. The molecule has 0 spiro atoms. The molecule has 0 aliphatic carbocycles. The van der Waals surface area contributed by atoms with E-state index in [2.05, 4.69) is 65.8 Å². The Bertz CT molecular complexity index is 1370. The summed E-state index contributed by atoms with van der Waals surface area (Å²) in [4.78, 5) is 12.5. The van der Waals surface area contributed by atoms with Crippen LogP contribution in [0, 0.1) is 6.92 Å². The summed E-state index contributed by atoms with van der Waals surface area (Å²) in [6.45, 7) is 8.62. The van der Waals surface area contributed by atoms with Crippen molar-refractivity contribution in [1.29, 1.82) is 0 Å². The van der Waals surface area contributed by atoms with Crippen LogP contribution in [-0.4, -0.2) is 32.6 Å². The lowest BCUT2D eigenvalue weighted by Gasteiger charge is -2.19. The van der Waals surface area contributed by atoms with E-state index >= 15 is 0 Å². The van der Waals surface area contributed by atoms with E-state index in [1.807, 2.05) is 54.0 Å². The van der Waals surface area contributed by atoms with E-state index in [0.29, 0.717) is 10.2 Å². The van der Waals surface area contributed by atoms with Crippen LogP contribution in [0.25, 0.3) is 17.1 Å². The normalized spacial score (nSPS) is 11.7. The number of benzene rings is 3. The minimum Gasteiger partial charge on any atom is -0.272 e. The van der Waals surface area contributed by atoms with Crippen LogP contribution < -0.4 is 5.43 Å². The number of thioether (sulfide) groups is 1. The topological polar surface area (TPSA) is 72.2 Å². The Morgan fingerprint density at radius 3 is 2.39 bits per heavy atom. The van der Waals surface area contributed by atoms with Gasteiger partial charge < -0.3 is 0 Å². The van der Waals surface area contributed by atoms with Crippen LogP contribution in [0.2, 0.25) is 5.02 Å². The van der Waals surface area contributed by atoms with Gasteiger partial charge in [0.2, 0.25) is 0 Å². The summed E-state index contributed by atoms with van der Waals surface area (Å²) in [6.07, 6.45) is 1.53. The molecule has 0 fully saturated rings. The first-order valence-electron chi connectivity index (χ1n) is 11.5. The van der Waals surface area contributed by atoms with Crippen molar-refractivity contribution in [1.82, 2.24) is 20.2 Å². The Kier molecular flexibility index (Phi) is 7.91. The highest BCUT2D eigenvalue weighted by molar-refractivity contribution is 7.99. The van der Waals surface area contributed by atoms with Crippen molar-refractivity contribution in [3.63, 3.8) is 0 Å². The molecule has 0 saturated heterocycles. The first-order chi connectivity index (χ1) is 17.2. The standard InChI is InChI=1S/C28H28ClN5OS/c1-19-9-15-23(16-10-19)34-26(20-11-13-22(14-12-20)28(2,3)4)32-33-27(34)36-18-25(35)31-30-17-21-7-5-6-8-24(21)29/h5-17H,18H2,1-4H3,(H,31,35). The number of carbonyl (C=O) groups excluding carboxylic acids is 1. The van der Waals surface area contributed by atoms with Gasteiger partial charge in [-0.2, -0.15) is 5.10 Å². The summed E-state index contributed by atoms with van der Waals surface area (Å²) >= 11 is 7.43. The van der Waals surface area contributed by atoms with Crippen LogP contribution in [0.15, 0.2) is 83.1 Å². The highest BCUT2D eigenvalue weighted by atomic mass is 35.5. The lowest BCUT2D eigenvalue weighted by atomic mass is 9.87. The van der Waals surface area contributed by atoms with Gasteiger partial charge >= 0.3 is 0 Å². The molecule has 6 nitrogen and oxygen atoms in total. The van der Waals surface area contributed by atoms with Gasteiger partial charge in [-0.3, -0.25) is 9.36 Å². The molecule has 0 aliphatic heterocycles. The monoisotopic (exact) mass is 517 g/mol. The molecule has 1 aromatic heterocycles. The summed E-state index contributed by atoms with van der Waals surface area (Å²) < 4.78 is 1.98. The number of carbonyl (C=O) groups is 1. The second-order valence-corrected chi connectivity index (χ2v) is 10.8. The third kappa shape index (κ3) is 6.22. The van der Waals surface area contributed by atoms with Gasteiger partial charge in [-0.05, 0) is 36.1 Å². The molecular formula is C28H28ClN5OS. The molecule has 0 bridgehead atoms. The lowest BCUT2D eigenvalue weighted by molar-refractivity contribution is -0.118. The summed E-state index contributed by atoms with van der Waals surface area (Å²) in [5.41, 5.74) is 7.63. The Balaban J connectivity index is 1.55.